The van der Waals surface area contributed by atoms with Crippen molar-refractivity contribution in [2.75, 3.05) is 11.9 Å². The molecule has 0 aliphatic heterocycles. The summed E-state index contributed by atoms with van der Waals surface area (Å²) in [6.45, 7) is -0.167. The van der Waals surface area contributed by atoms with Crippen molar-refractivity contribution < 1.29 is 13.9 Å². The molecule has 3 aromatic rings. The van der Waals surface area contributed by atoms with Crippen LogP contribution in [0.15, 0.2) is 42.9 Å². The summed E-state index contributed by atoms with van der Waals surface area (Å²) < 4.78 is 20.5. The number of halogens is 2. The summed E-state index contributed by atoms with van der Waals surface area (Å²) in [7, 11) is 0. The Labute approximate surface area is 164 Å². The first-order chi connectivity index (χ1) is 13.5. The Morgan fingerprint density at radius 3 is 2.86 bits per heavy atom. The van der Waals surface area contributed by atoms with Gasteiger partial charge in [-0.25, -0.2) is 13.9 Å². The van der Waals surface area contributed by atoms with Crippen molar-refractivity contribution in [3.8, 4) is 5.75 Å². The summed E-state index contributed by atoms with van der Waals surface area (Å²) in [5.74, 6) is 0.272. The third-order valence-corrected chi connectivity index (χ3v) is 5.71. The SMILES string of the molecule is O=C(COc1ccc(Cl)c(F)c1)NC12CC(Nc3nccn4nccc34)(C1)C2. The van der Waals surface area contributed by atoms with Gasteiger partial charge >= 0.3 is 0 Å². The Hall–Kier alpha value is -2.87. The summed E-state index contributed by atoms with van der Waals surface area (Å²) in [4.78, 5) is 16.6. The van der Waals surface area contributed by atoms with Crippen LogP contribution in [0.4, 0.5) is 10.2 Å². The lowest BCUT2D eigenvalue weighted by Crippen LogP contribution is -2.81. The molecular formula is C19H17ClFN5O2. The van der Waals surface area contributed by atoms with Gasteiger partial charge in [0, 0.05) is 29.5 Å². The third-order valence-electron chi connectivity index (χ3n) is 5.40. The molecule has 0 unspecified atom stereocenters. The normalized spacial score (nSPS) is 24.9. The van der Waals surface area contributed by atoms with Gasteiger partial charge in [0.05, 0.1) is 11.2 Å². The van der Waals surface area contributed by atoms with Crippen LogP contribution >= 0.6 is 11.6 Å². The van der Waals surface area contributed by atoms with Crippen LogP contribution in [0.2, 0.25) is 5.02 Å². The van der Waals surface area contributed by atoms with Crippen LogP contribution in [-0.2, 0) is 4.79 Å². The maximum absolute atomic E-state index is 13.4. The molecule has 3 saturated carbocycles. The maximum Gasteiger partial charge on any atom is 0.258 e. The molecule has 0 atom stereocenters. The van der Waals surface area contributed by atoms with Gasteiger partial charge in [-0.1, -0.05) is 11.6 Å². The number of fused-ring (bicyclic) bond motifs is 1. The van der Waals surface area contributed by atoms with E-state index in [1.807, 2.05) is 6.07 Å². The van der Waals surface area contributed by atoms with Crippen molar-refractivity contribution in [2.45, 2.75) is 30.3 Å². The topological polar surface area (TPSA) is 80.5 Å². The Morgan fingerprint density at radius 2 is 2.07 bits per heavy atom. The molecule has 2 N–H and O–H groups in total. The van der Waals surface area contributed by atoms with E-state index in [9.17, 15) is 9.18 Å². The molecular weight excluding hydrogens is 385 g/mol. The number of nitrogens with zero attached hydrogens (tertiary/aromatic N) is 3. The summed E-state index contributed by atoms with van der Waals surface area (Å²) in [5.41, 5.74) is 0.699. The zero-order valence-corrected chi connectivity index (χ0v) is 15.5. The fraction of sp³-hybridized carbons (Fsp3) is 0.316. The second-order valence-electron chi connectivity index (χ2n) is 7.57. The molecule has 2 bridgehead atoms. The Bertz CT molecular complexity index is 1070. The zero-order chi connectivity index (χ0) is 19.4. The predicted molar refractivity (Wildman–Crippen MR) is 101 cm³/mol. The molecule has 3 aliphatic rings. The molecule has 0 spiro atoms. The van der Waals surface area contributed by atoms with Crippen molar-refractivity contribution in [1.82, 2.24) is 19.9 Å². The lowest BCUT2D eigenvalue weighted by molar-refractivity contribution is -0.135. The summed E-state index contributed by atoms with van der Waals surface area (Å²) in [6.07, 6.45) is 7.74. The average molecular weight is 402 g/mol. The second-order valence-corrected chi connectivity index (χ2v) is 7.97. The first-order valence-corrected chi connectivity index (χ1v) is 9.29. The first kappa shape index (κ1) is 17.2. The number of amides is 1. The van der Waals surface area contributed by atoms with Gasteiger partial charge in [0.2, 0.25) is 0 Å². The molecule has 2 aromatic heterocycles. The minimum Gasteiger partial charge on any atom is -0.484 e. The smallest absolute Gasteiger partial charge is 0.258 e. The molecule has 7 nitrogen and oxygen atoms in total. The van der Waals surface area contributed by atoms with Crippen molar-refractivity contribution >= 4 is 28.8 Å². The van der Waals surface area contributed by atoms with Gasteiger partial charge in [-0.15, -0.1) is 0 Å². The van der Waals surface area contributed by atoms with E-state index in [4.69, 9.17) is 16.3 Å². The largest absolute Gasteiger partial charge is 0.484 e. The molecule has 2 heterocycles. The van der Waals surface area contributed by atoms with E-state index in [1.54, 1.807) is 23.1 Å². The molecule has 144 valence electrons. The number of benzene rings is 1. The number of carbonyl (C=O) groups excluding carboxylic acids is 1. The molecule has 1 aromatic carbocycles. The highest BCUT2D eigenvalue weighted by atomic mass is 35.5. The minimum atomic E-state index is -0.575. The van der Waals surface area contributed by atoms with Gasteiger partial charge in [0.25, 0.3) is 5.91 Å². The molecule has 3 aliphatic carbocycles. The lowest BCUT2D eigenvalue weighted by Gasteiger charge is -2.70. The molecule has 9 heteroatoms. The van der Waals surface area contributed by atoms with E-state index in [0.29, 0.717) is 0 Å². The number of rotatable bonds is 6. The monoisotopic (exact) mass is 401 g/mol. The zero-order valence-electron chi connectivity index (χ0n) is 14.8. The van der Waals surface area contributed by atoms with E-state index < -0.39 is 5.82 Å². The highest BCUT2D eigenvalue weighted by Crippen LogP contribution is 2.61. The summed E-state index contributed by atoms with van der Waals surface area (Å²) in [5, 5.41) is 10.8. The Kier molecular flexibility index (Phi) is 3.74. The van der Waals surface area contributed by atoms with E-state index in [2.05, 4.69) is 20.7 Å². The van der Waals surface area contributed by atoms with Crippen LogP contribution in [0.25, 0.3) is 5.52 Å². The van der Waals surface area contributed by atoms with E-state index in [0.717, 1.165) is 30.6 Å². The van der Waals surface area contributed by atoms with Gasteiger partial charge in [0.1, 0.15) is 17.1 Å². The van der Waals surface area contributed by atoms with E-state index >= 15 is 0 Å². The number of ether oxygens (including phenoxy) is 1. The Balaban J connectivity index is 1.15. The fourth-order valence-corrected chi connectivity index (χ4v) is 4.42. The lowest BCUT2D eigenvalue weighted by atomic mass is 9.44. The van der Waals surface area contributed by atoms with E-state index in [1.165, 1.54) is 18.2 Å². The molecule has 0 radical (unpaired) electrons. The van der Waals surface area contributed by atoms with Gasteiger partial charge in [-0.2, -0.15) is 5.10 Å². The van der Waals surface area contributed by atoms with Gasteiger partial charge in [-0.05, 0) is 37.5 Å². The van der Waals surface area contributed by atoms with E-state index in [-0.39, 0.29) is 34.4 Å². The number of nitrogens with one attached hydrogen (secondary N) is 2. The standard InChI is InChI=1S/C19H17ClFN5O2/c20-13-2-1-12(7-14(13)21)28-8-16(27)24-18-9-19(10-18,11-18)25-17-15-3-4-23-26(15)6-5-22-17/h1-7H,8-11H2,(H,22,25)(H,24,27). The maximum atomic E-state index is 13.4. The molecule has 1 amide bonds. The summed E-state index contributed by atoms with van der Waals surface area (Å²) >= 11 is 5.63. The number of anilines is 1. The van der Waals surface area contributed by atoms with Crippen molar-refractivity contribution in [3.63, 3.8) is 0 Å². The van der Waals surface area contributed by atoms with Crippen molar-refractivity contribution in [2.24, 2.45) is 0 Å². The van der Waals surface area contributed by atoms with Gasteiger partial charge in [0.15, 0.2) is 12.4 Å². The average Bonchev–Trinajstić information content (AvgIpc) is 3.09. The van der Waals surface area contributed by atoms with Gasteiger partial charge < -0.3 is 15.4 Å². The molecule has 0 saturated heterocycles. The third kappa shape index (κ3) is 2.84. The van der Waals surface area contributed by atoms with Gasteiger partial charge in [-0.3, -0.25) is 4.79 Å². The number of hydrogen-bond donors (Lipinski definition) is 2. The molecule has 3 fully saturated rings. The highest BCUT2D eigenvalue weighted by molar-refractivity contribution is 6.30. The fourth-order valence-electron chi connectivity index (χ4n) is 4.31. The molecule has 6 rings (SSSR count). The van der Waals surface area contributed by atoms with Crippen LogP contribution in [0.3, 0.4) is 0 Å². The Morgan fingerprint density at radius 1 is 1.25 bits per heavy atom. The van der Waals surface area contributed by atoms with Crippen molar-refractivity contribution in [3.05, 3.63) is 53.7 Å². The van der Waals surface area contributed by atoms with Crippen LogP contribution in [0, 0.1) is 5.82 Å². The van der Waals surface area contributed by atoms with Crippen LogP contribution in [-0.4, -0.2) is 38.2 Å². The number of carbonyl (C=O) groups is 1. The first-order valence-electron chi connectivity index (χ1n) is 8.91. The second kappa shape index (κ2) is 6.07. The quantitative estimate of drug-likeness (QED) is 0.664. The van der Waals surface area contributed by atoms with Crippen LogP contribution < -0.4 is 15.4 Å². The highest BCUT2D eigenvalue weighted by Gasteiger charge is 2.69. The number of hydrogen-bond acceptors (Lipinski definition) is 5. The van der Waals surface area contributed by atoms with Crippen LogP contribution in [0.1, 0.15) is 19.3 Å². The number of aromatic nitrogens is 3. The minimum absolute atomic E-state index is 0.0181. The summed E-state index contributed by atoms with van der Waals surface area (Å²) in [6, 6.07) is 6.01. The van der Waals surface area contributed by atoms with Crippen molar-refractivity contribution in [1.29, 1.82) is 0 Å². The predicted octanol–water partition coefficient (Wildman–Crippen LogP) is 2.80. The van der Waals surface area contributed by atoms with Crippen LogP contribution in [0.5, 0.6) is 5.75 Å². The molecule has 28 heavy (non-hydrogen) atoms.